The van der Waals surface area contributed by atoms with E-state index in [1.54, 1.807) is 11.0 Å². The van der Waals surface area contributed by atoms with Crippen molar-refractivity contribution < 1.29 is 9.18 Å². The summed E-state index contributed by atoms with van der Waals surface area (Å²) in [5.41, 5.74) is 6.48. The van der Waals surface area contributed by atoms with Gasteiger partial charge in [-0.1, -0.05) is 32.9 Å². The highest BCUT2D eigenvalue weighted by molar-refractivity contribution is 5.82. The van der Waals surface area contributed by atoms with E-state index in [4.69, 9.17) is 5.73 Å². The summed E-state index contributed by atoms with van der Waals surface area (Å²) in [5, 5.41) is 0. The van der Waals surface area contributed by atoms with Crippen LogP contribution in [0.1, 0.15) is 33.3 Å². The van der Waals surface area contributed by atoms with E-state index in [0.717, 1.165) is 5.56 Å². The Labute approximate surface area is 114 Å². The van der Waals surface area contributed by atoms with Crippen LogP contribution in [0, 0.1) is 11.2 Å². The summed E-state index contributed by atoms with van der Waals surface area (Å²) in [4.78, 5) is 14.0. The van der Waals surface area contributed by atoms with Gasteiger partial charge in [0, 0.05) is 13.1 Å². The van der Waals surface area contributed by atoms with Crippen molar-refractivity contribution in [2.24, 2.45) is 11.1 Å². The van der Waals surface area contributed by atoms with Crippen molar-refractivity contribution in [2.75, 3.05) is 6.54 Å². The maximum absolute atomic E-state index is 13.1. The van der Waals surface area contributed by atoms with Gasteiger partial charge in [0.05, 0.1) is 6.04 Å². The Morgan fingerprint density at radius 3 is 2.53 bits per heavy atom. The van der Waals surface area contributed by atoms with E-state index >= 15 is 0 Å². The van der Waals surface area contributed by atoms with Gasteiger partial charge in [0.25, 0.3) is 0 Å². The van der Waals surface area contributed by atoms with Gasteiger partial charge in [0.1, 0.15) is 5.82 Å². The maximum Gasteiger partial charge on any atom is 0.240 e. The first-order valence-corrected chi connectivity index (χ1v) is 6.54. The van der Waals surface area contributed by atoms with Crippen LogP contribution in [0.5, 0.6) is 0 Å². The zero-order valence-corrected chi connectivity index (χ0v) is 12.1. The number of benzene rings is 1. The number of hydrogen-bond donors (Lipinski definition) is 1. The first-order chi connectivity index (χ1) is 8.75. The normalized spacial score (nSPS) is 13.2. The van der Waals surface area contributed by atoms with E-state index in [-0.39, 0.29) is 17.1 Å². The predicted octanol–water partition coefficient (Wildman–Crippen LogP) is 2.55. The number of carbonyl (C=O) groups excluding carboxylic acids is 1. The summed E-state index contributed by atoms with van der Waals surface area (Å²) >= 11 is 0. The highest BCUT2D eigenvalue weighted by atomic mass is 19.1. The Hall–Kier alpha value is -1.42. The maximum atomic E-state index is 13.1. The molecule has 19 heavy (non-hydrogen) atoms. The monoisotopic (exact) mass is 266 g/mol. The summed E-state index contributed by atoms with van der Waals surface area (Å²) in [6.45, 7) is 8.64. The molecular formula is C15H23FN2O. The Bertz CT molecular complexity index is 440. The van der Waals surface area contributed by atoms with Crippen molar-refractivity contribution in [2.45, 2.75) is 40.3 Å². The van der Waals surface area contributed by atoms with E-state index in [0.29, 0.717) is 13.1 Å². The zero-order chi connectivity index (χ0) is 14.6. The fourth-order valence-electron chi connectivity index (χ4n) is 1.77. The Morgan fingerprint density at radius 2 is 2.05 bits per heavy atom. The molecule has 0 fully saturated rings. The minimum absolute atomic E-state index is 0.0979. The Kier molecular flexibility index (Phi) is 5.06. The van der Waals surface area contributed by atoms with Crippen molar-refractivity contribution in [3.63, 3.8) is 0 Å². The molecule has 0 unspecified atom stereocenters. The molecule has 1 rings (SSSR count). The SMILES string of the molecule is CCN(Cc1cccc(F)c1)C(=O)[C@@H](N)C(C)(C)C. The lowest BCUT2D eigenvalue weighted by molar-refractivity contribution is -0.135. The van der Waals surface area contributed by atoms with Crippen LogP contribution in [0.15, 0.2) is 24.3 Å². The summed E-state index contributed by atoms with van der Waals surface area (Å²) in [5.74, 6) is -0.389. The summed E-state index contributed by atoms with van der Waals surface area (Å²) in [6, 6.07) is 5.73. The molecule has 1 aromatic rings. The predicted molar refractivity (Wildman–Crippen MR) is 74.9 cm³/mol. The van der Waals surface area contributed by atoms with Crippen molar-refractivity contribution >= 4 is 5.91 Å². The minimum atomic E-state index is -0.555. The van der Waals surface area contributed by atoms with Gasteiger partial charge in [-0.15, -0.1) is 0 Å². The number of carbonyl (C=O) groups is 1. The third-order valence-corrected chi connectivity index (χ3v) is 3.15. The molecule has 3 nitrogen and oxygen atoms in total. The molecule has 0 aliphatic rings. The molecule has 0 aliphatic heterocycles. The largest absolute Gasteiger partial charge is 0.337 e. The van der Waals surface area contributed by atoms with Crippen molar-refractivity contribution in [1.82, 2.24) is 4.90 Å². The molecule has 0 saturated carbocycles. The van der Waals surface area contributed by atoms with Gasteiger partial charge < -0.3 is 10.6 Å². The summed E-state index contributed by atoms with van der Waals surface area (Å²) in [6.07, 6.45) is 0. The molecule has 106 valence electrons. The molecule has 0 aliphatic carbocycles. The Morgan fingerprint density at radius 1 is 1.42 bits per heavy atom. The van der Waals surface area contributed by atoms with Crippen LogP contribution in [-0.4, -0.2) is 23.4 Å². The highest BCUT2D eigenvalue weighted by Gasteiger charge is 2.30. The molecule has 0 aromatic heterocycles. The van der Waals surface area contributed by atoms with Crippen LogP contribution in [0.4, 0.5) is 4.39 Å². The van der Waals surface area contributed by atoms with Crippen LogP contribution in [0.25, 0.3) is 0 Å². The van der Waals surface area contributed by atoms with E-state index in [2.05, 4.69) is 0 Å². The number of amides is 1. The molecule has 0 heterocycles. The topological polar surface area (TPSA) is 46.3 Å². The molecule has 0 spiro atoms. The number of rotatable bonds is 4. The molecule has 2 N–H and O–H groups in total. The Balaban J connectivity index is 2.81. The van der Waals surface area contributed by atoms with Gasteiger partial charge in [-0.2, -0.15) is 0 Å². The number of nitrogens with two attached hydrogens (primary N) is 1. The molecular weight excluding hydrogens is 243 g/mol. The molecule has 0 saturated heterocycles. The molecule has 1 amide bonds. The van der Waals surface area contributed by atoms with E-state index in [9.17, 15) is 9.18 Å². The van der Waals surface area contributed by atoms with Crippen LogP contribution in [-0.2, 0) is 11.3 Å². The van der Waals surface area contributed by atoms with Gasteiger partial charge in [-0.3, -0.25) is 4.79 Å². The van der Waals surface area contributed by atoms with Gasteiger partial charge in [-0.25, -0.2) is 4.39 Å². The molecule has 1 atom stereocenters. The third-order valence-electron chi connectivity index (χ3n) is 3.15. The van der Waals surface area contributed by atoms with Gasteiger partial charge in [0.15, 0.2) is 0 Å². The molecule has 0 radical (unpaired) electrons. The van der Waals surface area contributed by atoms with Crippen LogP contribution >= 0.6 is 0 Å². The van der Waals surface area contributed by atoms with Crippen LogP contribution in [0.2, 0.25) is 0 Å². The minimum Gasteiger partial charge on any atom is -0.337 e. The van der Waals surface area contributed by atoms with Crippen molar-refractivity contribution in [3.05, 3.63) is 35.6 Å². The zero-order valence-electron chi connectivity index (χ0n) is 12.1. The van der Waals surface area contributed by atoms with Gasteiger partial charge in [-0.05, 0) is 30.0 Å². The number of hydrogen-bond acceptors (Lipinski definition) is 2. The fourth-order valence-corrected chi connectivity index (χ4v) is 1.77. The molecule has 4 heteroatoms. The summed E-state index contributed by atoms with van der Waals surface area (Å²) in [7, 11) is 0. The van der Waals surface area contributed by atoms with E-state index in [1.807, 2.05) is 33.8 Å². The second kappa shape index (κ2) is 6.15. The third kappa shape index (κ3) is 4.31. The first-order valence-electron chi connectivity index (χ1n) is 6.54. The van der Waals surface area contributed by atoms with Gasteiger partial charge >= 0.3 is 0 Å². The van der Waals surface area contributed by atoms with Crippen LogP contribution in [0.3, 0.4) is 0 Å². The average Bonchev–Trinajstić information content (AvgIpc) is 2.33. The van der Waals surface area contributed by atoms with E-state index < -0.39 is 6.04 Å². The smallest absolute Gasteiger partial charge is 0.240 e. The van der Waals surface area contributed by atoms with Gasteiger partial charge in [0.2, 0.25) is 5.91 Å². The van der Waals surface area contributed by atoms with Crippen LogP contribution < -0.4 is 5.73 Å². The lowest BCUT2D eigenvalue weighted by Gasteiger charge is -2.31. The average molecular weight is 266 g/mol. The number of likely N-dealkylation sites (N-methyl/N-ethyl adjacent to an activating group) is 1. The molecule has 0 bridgehead atoms. The number of nitrogens with zero attached hydrogens (tertiary/aromatic N) is 1. The van der Waals surface area contributed by atoms with Crippen molar-refractivity contribution in [1.29, 1.82) is 0 Å². The lowest BCUT2D eigenvalue weighted by atomic mass is 9.86. The first kappa shape index (κ1) is 15.6. The molecule has 1 aromatic carbocycles. The quantitative estimate of drug-likeness (QED) is 0.910. The highest BCUT2D eigenvalue weighted by Crippen LogP contribution is 2.20. The van der Waals surface area contributed by atoms with Crippen molar-refractivity contribution in [3.8, 4) is 0 Å². The second-order valence-corrected chi connectivity index (χ2v) is 5.83. The lowest BCUT2D eigenvalue weighted by Crippen LogP contribution is -2.50. The standard InChI is InChI=1S/C15H23FN2O/c1-5-18(14(19)13(17)15(2,3)4)10-11-7-6-8-12(16)9-11/h6-9,13H,5,10,17H2,1-4H3/t13-/m1/s1. The fraction of sp³-hybridized carbons (Fsp3) is 0.533. The summed E-state index contributed by atoms with van der Waals surface area (Å²) < 4.78 is 13.1. The number of halogens is 1. The van der Waals surface area contributed by atoms with E-state index in [1.165, 1.54) is 12.1 Å². The second-order valence-electron chi connectivity index (χ2n) is 5.83.